The average Bonchev–Trinajstić information content (AvgIpc) is 2.44. The second kappa shape index (κ2) is 7.39. The number of carbonyl (C=O) groups is 1. The van der Waals surface area contributed by atoms with Crippen molar-refractivity contribution in [3.63, 3.8) is 0 Å². The number of amides is 1. The van der Waals surface area contributed by atoms with Crippen LogP contribution >= 0.6 is 11.6 Å². The number of aliphatic hydroxyl groups excluding tert-OH is 3. The summed E-state index contributed by atoms with van der Waals surface area (Å²) in [6.45, 7) is -2.37. The van der Waals surface area contributed by atoms with Gasteiger partial charge in [0.2, 0.25) is 0 Å². The first-order valence-corrected chi connectivity index (χ1v) is 6.05. The van der Waals surface area contributed by atoms with Crippen LogP contribution in [-0.2, 0) is 4.79 Å². The van der Waals surface area contributed by atoms with Crippen LogP contribution in [0.3, 0.4) is 0 Å². The van der Waals surface area contributed by atoms with E-state index in [1.807, 2.05) is 0 Å². The van der Waals surface area contributed by atoms with Gasteiger partial charge in [-0.2, -0.15) is 0 Å². The van der Waals surface area contributed by atoms with E-state index >= 15 is 0 Å². The van der Waals surface area contributed by atoms with E-state index in [-0.39, 0.29) is 10.8 Å². The van der Waals surface area contributed by atoms with Crippen LogP contribution in [0.5, 0.6) is 5.75 Å². The molecule has 1 aromatic carbocycles. The Hall–Kier alpha value is -1.41. The van der Waals surface area contributed by atoms with Crippen molar-refractivity contribution in [2.45, 2.75) is 5.54 Å². The molecule has 1 amide bonds. The lowest BCUT2D eigenvalue weighted by molar-refractivity contribution is -0.127. The summed E-state index contributed by atoms with van der Waals surface area (Å²) in [5, 5.41) is 29.4. The molecular formula is C12H15ClFNO5. The van der Waals surface area contributed by atoms with Crippen molar-refractivity contribution in [1.82, 2.24) is 5.32 Å². The molecule has 8 heteroatoms. The van der Waals surface area contributed by atoms with Crippen LogP contribution in [0.15, 0.2) is 18.2 Å². The summed E-state index contributed by atoms with van der Waals surface area (Å²) in [5.74, 6) is -1.10. The first-order valence-electron chi connectivity index (χ1n) is 5.68. The van der Waals surface area contributed by atoms with Gasteiger partial charge in [0, 0.05) is 0 Å². The monoisotopic (exact) mass is 307 g/mol. The molecule has 0 aliphatic rings. The molecule has 0 aliphatic heterocycles. The van der Waals surface area contributed by atoms with Crippen molar-refractivity contribution < 1.29 is 29.2 Å². The standard InChI is InChI=1S/C12H15ClFNO5/c13-9-3-8(14)1-2-10(9)20-4-11(19)15-12(5-16,6-17)7-18/h1-3,16-18H,4-7H2,(H,15,19). The smallest absolute Gasteiger partial charge is 0.258 e. The van der Waals surface area contributed by atoms with Crippen LogP contribution in [0.4, 0.5) is 4.39 Å². The molecule has 0 heterocycles. The lowest BCUT2D eigenvalue weighted by Gasteiger charge is -2.28. The number of rotatable bonds is 7. The van der Waals surface area contributed by atoms with Gasteiger partial charge in [-0.15, -0.1) is 0 Å². The molecule has 0 saturated carbocycles. The maximum Gasteiger partial charge on any atom is 0.258 e. The molecule has 0 radical (unpaired) electrons. The number of nitrogens with one attached hydrogen (secondary N) is 1. The van der Waals surface area contributed by atoms with Crippen molar-refractivity contribution in [3.05, 3.63) is 29.0 Å². The van der Waals surface area contributed by atoms with E-state index in [2.05, 4.69) is 5.32 Å². The van der Waals surface area contributed by atoms with E-state index in [0.717, 1.165) is 12.1 Å². The van der Waals surface area contributed by atoms with Gasteiger partial charge in [-0.25, -0.2) is 4.39 Å². The lowest BCUT2D eigenvalue weighted by Crippen LogP contribution is -2.58. The summed E-state index contributed by atoms with van der Waals surface area (Å²) in [7, 11) is 0. The van der Waals surface area contributed by atoms with Gasteiger partial charge in [0.1, 0.15) is 17.1 Å². The first kappa shape index (κ1) is 16.6. The maximum atomic E-state index is 12.8. The Kier molecular flexibility index (Phi) is 6.15. The fourth-order valence-electron chi connectivity index (χ4n) is 1.34. The van der Waals surface area contributed by atoms with Crippen LogP contribution in [0.25, 0.3) is 0 Å². The summed E-state index contributed by atoms with van der Waals surface area (Å²) < 4.78 is 17.9. The summed E-state index contributed by atoms with van der Waals surface area (Å²) in [5.41, 5.74) is -1.52. The third kappa shape index (κ3) is 4.31. The minimum atomic E-state index is -1.52. The first-order chi connectivity index (χ1) is 9.46. The number of ether oxygens (including phenoxy) is 1. The quantitative estimate of drug-likeness (QED) is 0.554. The van der Waals surface area contributed by atoms with E-state index in [9.17, 15) is 9.18 Å². The summed E-state index contributed by atoms with van der Waals surface area (Å²) >= 11 is 5.71. The Morgan fingerprint density at radius 3 is 2.40 bits per heavy atom. The molecule has 0 aliphatic carbocycles. The third-order valence-corrected chi connectivity index (χ3v) is 2.86. The minimum Gasteiger partial charge on any atom is -0.482 e. The molecule has 0 bridgehead atoms. The van der Waals surface area contributed by atoms with Crippen molar-refractivity contribution in [3.8, 4) is 5.75 Å². The summed E-state index contributed by atoms with van der Waals surface area (Å²) in [4.78, 5) is 11.6. The van der Waals surface area contributed by atoms with E-state index in [0.29, 0.717) is 0 Å². The molecule has 1 aromatic rings. The number of carbonyl (C=O) groups excluding carboxylic acids is 1. The molecule has 4 N–H and O–H groups in total. The van der Waals surface area contributed by atoms with Crippen LogP contribution in [0, 0.1) is 5.82 Å². The predicted molar refractivity (Wildman–Crippen MR) is 69.0 cm³/mol. The number of benzene rings is 1. The Morgan fingerprint density at radius 2 is 1.90 bits per heavy atom. The van der Waals surface area contributed by atoms with Gasteiger partial charge >= 0.3 is 0 Å². The van der Waals surface area contributed by atoms with Crippen molar-refractivity contribution >= 4 is 17.5 Å². The molecule has 0 fully saturated rings. The Labute approximate surface area is 119 Å². The summed E-state index contributed by atoms with van der Waals surface area (Å²) in [6.07, 6.45) is 0. The second-order valence-corrected chi connectivity index (χ2v) is 4.57. The van der Waals surface area contributed by atoms with Gasteiger partial charge in [0.15, 0.2) is 6.61 Å². The molecule has 6 nitrogen and oxygen atoms in total. The largest absolute Gasteiger partial charge is 0.482 e. The Bertz CT molecular complexity index is 459. The Morgan fingerprint density at radius 1 is 1.30 bits per heavy atom. The van der Waals surface area contributed by atoms with Crippen molar-refractivity contribution in [2.24, 2.45) is 0 Å². The number of hydrogen-bond acceptors (Lipinski definition) is 5. The van der Waals surface area contributed by atoms with Gasteiger partial charge in [-0.05, 0) is 18.2 Å². The lowest BCUT2D eigenvalue weighted by atomic mass is 10.0. The van der Waals surface area contributed by atoms with Gasteiger partial charge < -0.3 is 25.4 Å². The highest BCUT2D eigenvalue weighted by Gasteiger charge is 2.30. The average molecular weight is 308 g/mol. The van der Waals surface area contributed by atoms with Gasteiger partial charge in [-0.1, -0.05) is 11.6 Å². The van der Waals surface area contributed by atoms with Crippen LogP contribution < -0.4 is 10.1 Å². The molecule has 0 aromatic heterocycles. The van der Waals surface area contributed by atoms with E-state index in [4.69, 9.17) is 31.7 Å². The highest BCUT2D eigenvalue weighted by Crippen LogP contribution is 2.24. The number of halogens is 2. The van der Waals surface area contributed by atoms with E-state index in [1.54, 1.807) is 0 Å². The molecule has 0 atom stereocenters. The highest BCUT2D eigenvalue weighted by atomic mass is 35.5. The molecule has 0 spiro atoms. The zero-order valence-corrected chi connectivity index (χ0v) is 11.2. The van der Waals surface area contributed by atoms with Crippen LogP contribution in [0.1, 0.15) is 0 Å². The number of hydrogen-bond donors (Lipinski definition) is 4. The van der Waals surface area contributed by atoms with E-state index in [1.165, 1.54) is 6.07 Å². The zero-order chi connectivity index (χ0) is 15.2. The summed E-state index contributed by atoms with van der Waals surface area (Å²) in [6, 6.07) is 3.43. The number of aliphatic hydroxyl groups is 3. The molecule has 1 rings (SSSR count). The molecular weight excluding hydrogens is 293 g/mol. The van der Waals surface area contributed by atoms with Crippen LogP contribution in [-0.4, -0.2) is 53.2 Å². The molecule has 112 valence electrons. The van der Waals surface area contributed by atoms with Gasteiger partial charge in [0.05, 0.1) is 24.8 Å². The topological polar surface area (TPSA) is 99.0 Å². The zero-order valence-electron chi connectivity index (χ0n) is 10.5. The fourth-order valence-corrected chi connectivity index (χ4v) is 1.56. The fraction of sp³-hybridized carbons (Fsp3) is 0.417. The molecule has 0 saturated heterocycles. The Balaban J connectivity index is 2.59. The van der Waals surface area contributed by atoms with Gasteiger partial charge in [0.25, 0.3) is 5.91 Å². The molecule has 0 unspecified atom stereocenters. The van der Waals surface area contributed by atoms with Crippen molar-refractivity contribution in [1.29, 1.82) is 0 Å². The van der Waals surface area contributed by atoms with E-state index < -0.39 is 43.7 Å². The maximum absolute atomic E-state index is 12.8. The SMILES string of the molecule is O=C(COc1ccc(F)cc1Cl)NC(CO)(CO)CO. The highest BCUT2D eigenvalue weighted by molar-refractivity contribution is 6.32. The van der Waals surface area contributed by atoms with Crippen molar-refractivity contribution in [2.75, 3.05) is 26.4 Å². The predicted octanol–water partition coefficient (Wildman–Crippen LogP) is -0.310. The third-order valence-electron chi connectivity index (χ3n) is 2.57. The van der Waals surface area contributed by atoms with Crippen LogP contribution in [0.2, 0.25) is 5.02 Å². The minimum absolute atomic E-state index is 0.00976. The molecule has 20 heavy (non-hydrogen) atoms. The normalized spacial score (nSPS) is 11.2. The van der Waals surface area contributed by atoms with Gasteiger partial charge in [-0.3, -0.25) is 4.79 Å². The second-order valence-electron chi connectivity index (χ2n) is 4.17.